The molecule has 2 N–H and O–H groups in total. The fourth-order valence-electron chi connectivity index (χ4n) is 3.36. The number of halogens is 1. The minimum Gasteiger partial charge on any atom is -0.467 e. The van der Waals surface area contributed by atoms with Gasteiger partial charge in [-0.1, -0.05) is 11.3 Å². The summed E-state index contributed by atoms with van der Waals surface area (Å²) in [6.07, 6.45) is 2.90. The number of nitrogens with one attached hydrogen (secondary N) is 2. The van der Waals surface area contributed by atoms with Crippen LogP contribution >= 0.6 is 11.3 Å². The van der Waals surface area contributed by atoms with E-state index in [1.165, 1.54) is 24.3 Å². The number of rotatable bonds is 6. The number of carbonyl (C=O) groups excluding carboxylic acids is 3. The van der Waals surface area contributed by atoms with Crippen molar-refractivity contribution in [3.8, 4) is 0 Å². The van der Waals surface area contributed by atoms with Gasteiger partial charge in [0.25, 0.3) is 11.8 Å². The van der Waals surface area contributed by atoms with Gasteiger partial charge in [0.15, 0.2) is 0 Å². The van der Waals surface area contributed by atoms with Crippen molar-refractivity contribution in [2.45, 2.75) is 19.4 Å². The first-order chi connectivity index (χ1) is 15.5. The number of likely N-dealkylation sites (tertiary alicyclic amines) is 1. The number of carbonyl (C=O) groups is 3. The second-order valence-corrected chi connectivity index (χ2v) is 8.24. The average Bonchev–Trinajstić information content (AvgIpc) is 3.51. The molecule has 1 aromatic carbocycles. The van der Waals surface area contributed by atoms with Gasteiger partial charge < -0.3 is 20.0 Å². The van der Waals surface area contributed by atoms with E-state index in [1.54, 1.807) is 23.3 Å². The zero-order valence-electron chi connectivity index (χ0n) is 16.9. The quantitative estimate of drug-likeness (QED) is 0.588. The van der Waals surface area contributed by atoms with Gasteiger partial charge in [0.2, 0.25) is 15.9 Å². The van der Waals surface area contributed by atoms with Gasteiger partial charge in [0.05, 0.1) is 18.7 Å². The number of hydrogen-bond acceptors (Lipinski definition) is 7. The van der Waals surface area contributed by atoms with Gasteiger partial charge in [-0.3, -0.25) is 14.4 Å². The van der Waals surface area contributed by atoms with Crippen LogP contribution < -0.4 is 10.6 Å². The Kier molecular flexibility index (Phi) is 6.55. The number of benzene rings is 1. The molecule has 1 saturated heterocycles. The zero-order valence-corrected chi connectivity index (χ0v) is 17.7. The molecule has 1 fully saturated rings. The molecule has 1 aliphatic heterocycles. The predicted molar refractivity (Wildman–Crippen MR) is 113 cm³/mol. The molecule has 3 amide bonds. The summed E-state index contributed by atoms with van der Waals surface area (Å²) in [5.74, 6) is -1.15. The van der Waals surface area contributed by atoms with Crippen molar-refractivity contribution in [2.75, 3.05) is 18.4 Å². The Bertz CT molecular complexity index is 1100. The third kappa shape index (κ3) is 5.17. The summed E-state index contributed by atoms with van der Waals surface area (Å²) in [4.78, 5) is 39.2. The first-order valence-corrected chi connectivity index (χ1v) is 10.8. The Morgan fingerprint density at radius 3 is 2.69 bits per heavy atom. The minimum atomic E-state index is -0.540. The molecule has 3 heterocycles. The highest BCUT2D eigenvalue weighted by Crippen LogP contribution is 2.21. The Morgan fingerprint density at radius 2 is 1.94 bits per heavy atom. The topological polar surface area (TPSA) is 117 Å². The summed E-state index contributed by atoms with van der Waals surface area (Å²) in [6, 6.07) is 8.82. The highest BCUT2D eigenvalue weighted by Gasteiger charge is 2.31. The summed E-state index contributed by atoms with van der Waals surface area (Å²) in [7, 11) is 0. The van der Waals surface area contributed by atoms with Gasteiger partial charge >= 0.3 is 0 Å². The van der Waals surface area contributed by atoms with Crippen molar-refractivity contribution < 1.29 is 23.2 Å². The van der Waals surface area contributed by atoms with E-state index in [9.17, 15) is 18.8 Å². The van der Waals surface area contributed by atoms with Gasteiger partial charge in [0, 0.05) is 18.8 Å². The number of furan rings is 1. The molecule has 1 aliphatic rings. The van der Waals surface area contributed by atoms with Crippen LogP contribution in [0.5, 0.6) is 0 Å². The second-order valence-electron chi connectivity index (χ2n) is 7.26. The van der Waals surface area contributed by atoms with Gasteiger partial charge in [-0.25, -0.2) is 4.39 Å². The molecule has 3 aromatic rings. The van der Waals surface area contributed by atoms with E-state index in [1.807, 2.05) is 0 Å². The standard InChI is InChI=1S/C21H20FN5O4S/c22-14-5-7-15(8-6-14)24-18(29)19-25-26-20(32-19)21(30)27-9-1-3-13(12-27)17(28)23-11-16-4-2-10-31-16/h2,4-8,10,13H,1,3,9,11-12H2,(H,23,28)(H,24,29)/t13-/m0/s1. The van der Waals surface area contributed by atoms with E-state index >= 15 is 0 Å². The van der Waals surface area contributed by atoms with Crippen LogP contribution in [0.4, 0.5) is 10.1 Å². The van der Waals surface area contributed by atoms with E-state index in [-0.39, 0.29) is 34.3 Å². The molecule has 0 bridgehead atoms. The van der Waals surface area contributed by atoms with Crippen LogP contribution in [-0.4, -0.2) is 45.9 Å². The lowest BCUT2D eigenvalue weighted by Gasteiger charge is -2.31. The van der Waals surface area contributed by atoms with Crippen molar-refractivity contribution >= 4 is 34.7 Å². The van der Waals surface area contributed by atoms with Crippen molar-refractivity contribution in [1.29, 1.82) is 0 Å². The molecule has 0 radical (unpaired) electrons. The lowest BCUT2D eigenvalue weighted by molar-refractivity contribution is -0.126. The maximum absolute atomic E-state index is 13.0. The van der Waals surface area contributed by atoms with E-state index in [0.717, 1.165) is 11.3 Å². The molecule has 11 heteroatoms. The third-order valence-electron chi connectivity index (χ3n) is 5.00. The first kappa shape index (κ1) is 21.6. The number of hydrogen-bond donors (Lipinski definition) is 2. The molecule has 0 spiro atoms. The van der Waals surface area contributed by atoms with Crippen LogP contribution in [0, 0.1) is 11.7 Å². The molecule has 166 valence electrons. The van der Waals surface area contributed by atoms with E-state index < -0.39 is 11.7 Å². The van der Waals surface area contributed by atoms with Crippen LogP contribution in [-0.2, 0) is 11.3 Å². The van der Waals surface area contributed by atoms with E-state index in [4.69, 9.17) is 4.42 Å². The molecule has 1 atom stereocenters. The highest BCUT2D eigenvalue weighted by atomic mass is 32.1. The summed E-state index contributed by atoms with van der Waals surface area (Å²) in [5, 5.41) is 13.2. The molecular formula is C21H20FN5O4S. The Labute approximate surface area is 186 Å². The van der Waals surface area contributed by atoms with Crippen LogP contribution in [0.25, 0.3) is 0 Å². The molecule has 0 unspecified atom stereocenters. The van der Waals surface area contributed by atoms with E-state index in [0.29, 0.717) is 37.4 Å². The summed E-state index contributed by atoms with van der Waals surface area (Å²) in [6.45, 7) is 1.05. The lowest BCUT2D eigenvalue weighted by Crippen LogP contribution is -2.45. The fourth-order valence-corrected chi connectivity index (χ4v) is 4.07. The normalized spacial score (nSPS) is 15.9. The first-order valence-electron chi connectivity index (χ1n) is 9.99. The van der Waals surface area contributed by atoms with Crippen molar-refractivity contribution in [3.63, 3.8) is 0 Å². The van der Waals surface area contributed by atoms with Crippen molar-refractivity contribution in [3.05, 3.63) is 64.3 Å². The van der Waals surface area contributed by atoms with Crippen LogP contribution in [0.15, 0.2) is 47.1 Å². The molecular weight excluding hydrogens is 437 g/mol. The number of piperidine rings is 1. The number of amides is 3. The summed E-state index contributed by atoms with van der Waals surface area (Å²) in [5.41, 5.74) is 0.402. The Hall–Kier alpha value is -3.60. The Balaban J connectivity index is 1.34. The van der Waals surface area contributed by atoms with Gasteiger partial charge in [-0.2, -0.15) is 0 Å². The summed E-state index contributed by atoms with van der Waals surface area (Å²) >= 11 is 0.871. The average molecular weight is 457 g/mol. The van der Waals surface area contributed by atoms with Gasteiger partial charge in [-0.15, -0.1) is 10.2 Å². The molecule has 9 nitrogen and oxygen atoms in total. The van der Waals surface area contributed by atoms with Gasteiger partial charge in [-0.05, 0) is 49.2 Å². The van der Waals surface area contributed by atoms with Gasteiger partial charge in [0.1, 0.15) is 11.6 Å². The SMILES string of the molecule is O=C(Nc1ccc(F)cc1)c1nnc(C(=O)N2CCC[C@H](C(=O)NCc3ccco3)C2)s1. The number of nitrogens with zero attached hydrogens (tertiary/aromatic N) is 3. The number of anilines is 1. The molecule has 4 rings (SSSR count). The molecule has 0 aliphatic carbocycles. The molecule has 32 heavy (non-hydrogen) atoms. The third-order valence-corrected chi connectivity index (χ3v) is 5.91. The summed E-state index contributed by atoms with van der Waals surface area (Å²) < 4.78 is 18.2. The monoisotopic (exact) mass is 457 g/mol. The second kappa shape index (κ2) is 9.69. The van der Waals surface area contributed by atoms with Crippen LogP contribution in [0.3, 0.4) is 0 Å². The van der Waals surface area contributed by atoms with Crippen molar-refractivity contribution in [2.24, 2.45) is 5.92 Å². The largest absolute Gasteiger partial charge is 0.467 e. The van der Waals surface area contributed by atoms with Crippen molar-refractivity contribution in [1.82, 2.24) is 20.4 Å². The Morgan fingerprint density at radius 1 is 1.16 bits per heavy atom. The number of aromatic nitrogens is 2. The van der Waals surface area contributed by atoms with E-state index in [2.05, 4.69) is 20.8 Å². The highest BCUT2D eigenvalue weighted by molar-refractivity contribution is 7.15. The smallest absolute Gasteiger partial charge is 0.286 e. The minimum absolute atomic E-state index is 0.0161. The maximum atomic E-state index is 13.0. The van der Waals surface area contributed by atoms with Crippen LogP contribution in [0.1, 0.15) is 38.2 Å². The molecule has 0 saturated carbocycles. The maximum Gasteiger partial charge on any atom is 0.286 e. The van der Waals surface area contributed by atoms with Crippen LogP contribution in [0.2, 0.25) is 0 Å². The zero-order chi connectivity index (χ0) is 22.5. The predicted octanol–water partition coefficient (Wildman–Crippen LogP) is 2.69. The fraction of sp³-hybridized carbons (Fsp3) is 0.286. The lowest BCUT2D eigenvalue weighted by atomic mass is 9.97. The molecule has 2 aromatic heterocycles.